The molecule has 1 fully saturated rings. The quantitative estimate of drug-likeness (QED) is 0.931. The zero-order valence-corrected chi connectivity index (χ0v) is 12.3. The second-order valence-electron chi connectivity index (χ2n) is 5.52. The normalized spacial score (nSPS) is 20.2. The van der Waals surface area contributed by atoms with Crippen LogP contribution in [0.5, 0.6) is 0 Å². The summed E-state index contributed by atoms with van der Waals surface area (Å²) in [6, 6.07) is 8.53. The molecular weight excluding hydrogens is 248 g/mol. The Morgan fingerprint density at radius 1 is 1.25 bits per heavy atom. The lowest BCUT2D eigenvalue weighted by atomic mass is 10.1. The third-order valence-corrected chi connectivity index (χ3v) is 4.04. The van der Waals surface area contributed by atoms with Gasteiger partial charge in [-0.05, 0) is 45.0 Å². The predicted molar refractivity (Wildman–Crippen MR) is 83.0 cm³/mol. The van der Waals surface area contributed by atoms with Crippen molar-refractivity contribution in [3.05, 3.63) is 30.0 Å². The Kier molecular flexibility index (Phi) is 3.83. The molecule has 0 amide bonds. The number of piperidine rings is 1. The number of anilines is 1. The minimum absolute atomic E-state index is 0.484. The minimum atomic E-state index is 0.484. The first kappa shape index (κ1) is 13.3. The van der Waals surface area contributed by atoms with Gasteiger partial charge in [0.15, 0.2) is 0 Å². The second kappa shape index (κ2) is 5.75. The third kappa shape index (κ3) is 2.75. The number of hydrogen-bond donors (Lipinski definition) is 1. The van der Waals surface area contributed by atoms with Crippen molar-refractivity contribution in [1.29, 1.82) is 0 Å². The van der Waals surface area contributed by atoms with Crippen LogP contribution in [0.15, 0.2) is 24.3 Å². The van der Waals surface area contributed by atoms with Crippen LogP contribution in [0.2, 0.25) is 0 Å². The Labute approximate surface area is 120 Å². The zero-order valence-electron chi connectivity index (χ0n) is 12.3. The summed E-state index contributed by atoms with van der Waals surface area (Å²) in [6.07, 6.45) is 2.47. The van der Waals surface area contributed by atoms with E-state index >= 15 is 0 Å². The molecule has 1 saturated heterocycles. The molecular formula is C16H22N4. The SMILES string of the molecule is CCN1CCCC(Nc2nc3ccccc3nc2C)C1. The molecule has 0 aliphatic carbocycles. The largest absolute Gasteiger partial charge is 0.365 e. The first-order valence-electron chi connectivity index (χ1n) is 7.48. The molecule has 0 saturated carbocycles. The zero-order chi connectivity index (χ0) is 13.9. The summed E-state index contributed by atoms with van der Waals surface area (Å²) in [5, 5.41) is 3.59. The van der Waals surface area contributed by atoms with Crippen LogP contribution in [0.4, 0.5) is 5.82 Å². The van der Waals surface area contributed by atoms with Crippen LogP contribution >= 0.6 is 0 Å². The van der Waals surface area contributed by atoms with Crippen molar-refractivity contribution < 1.29 is 0 Å². The van der Waals surface area contributed by atoms with Crippen molar-refractivity contribution >= 4 is 16.9 Å². The molecule has 4 nitrogen and oxygen atoms in total. The standard InChI is InChI=1S/C16H22N4/c1-3-20-10-6-7-13(11-20)18-16-12(2)17-14-8-4-5-9-15(14)19-16/h4-5,8-9,13H,3,6-7,10-11H2,1-2H3,(H,18,19). The average Bonchev–Trinajstić information content (AvgIpc) is 2.48. The van der Waals surface area contributed by atoms with Gasteiger partial charge in [0.1, 0.15) is 5.82 Å². The average molecular weight is 270 g/mol. The van der Waals surface area contributed by atoms with Crippen LogP contribution in [0.25, 0.3) is 11.0 Å². The summed E-state index contributed by atoms with van der Waals surface area (Å²) in [7, 11) is 0. The number of fused-ring (bicyclic) bond motifs is 1. The van der Waals surface area contributed by atoms with Gasteiger partial charge in [0, 0.05) is 12.6 Å². The van der Waals surface area contributed by atoms with Gasteiger partial charge in [0.2, 0.25) is 0 Å². The lowest BCUT2D eigenvalue weighted by Crippen LogP contribution is -2.42. The van der Waals surface area contributed by atoms with Crippen LogP contribution in [-0.2, 0) is 0 Å². The van der Waals surface area contributed by atoms with Gasteiger partial charge in [-0.2, -0.15) is 0 Å². The molecule has 1 aromatic heterocycles. The topological polar surface area (TPSA) is 41.0 Å². The number of likely N-dealkylation sites (N-methyl/N-ethyl adjacent to an activating group) is 1. The van der Waals surface area contributed by atoms with Crippen molar-refractivity contribution in [1.82, 2.24) is 14.9 Å². The monoisotopic (exact) mass is 270 g/mol. The smallest absolute Gasteiger partial charge is 0.148 e. The number of hydrogen-bond acceptors (Lipinski definition) is 4. The Morgan fingerprint density at radius 3 is 2.75 bits per heavy atom. The fraction of sp³-hybridized carbons (Fsp3) is 0.500. The lowest BCUT2D eigenvalue weighted by Gasteiger charge is -2.32. The molecule has 2 heterocycles. The van der Waals surface area contributed by atoms with Gasteiger partial charge < -0.3 is 10.2 Å². The van der Waals surface area contributed by atoms with Crippen LogP contribution < -0.4 is 5.32 Å². The first-order chi connectivity index (χ1) is 9.76. The Balaban J connectivity index is 1.81. The van der Waals surface area contributed by atoms with E-state index in [0.29, 0.717) is 6.04 Å². The molecule has 4 heteroatoms. The third-order valence-electron chi connectivity index (χ3n) is 4.04. The summed E-state index contributed by atoms with van der Waals surface area (Å²) < 4.78 is 0. The summed E-state index contributed by atoms with van der Waals surface area (Å²) in [4.78, 5) is 11.9. The van der Waals surface area contributed by atoms with Crippen molar-refractivity contribution in [2.75, 3.05) is 25.0 Å². The van der Waals surface area contributed by atoms with Gasteiger partial charge in [-0.3, -0.25) is 0 Å². The number of likely N-dealkylation sites (tertiary alicyclic amines) is 1. The molecule has 0 spiro atoms. The van der Waals surface area contributed by atoms with Gasteiger partial charge in [0.05, 0.1) is 16.7 Å². The van der Waals surface area contributed by atoms with Crippen molar-refractivity contribution in [3.63, 3.8) is 0 Å². The summed E-state index contributed by atoms with van der Waals surface area (Å²) in [5.74, 6) is 0.937. The van der Waals surface area contributed by atoms with E-state index in [2.05, 4.69) is 22.1 Å². The highest BCUT2D eigenvalue weighted by atomic mass is 15.2. The van der Waals surface area contributed by atoms with Gasteiger partial charge in [-0.1, -0.05) is 19.1 Å². The fourth-order valence-electron chi connectivity index (χ4n) is 2.88. The van der Waals surface area contributed by atoms with E-state index in [-0.39, 0.29) is 0 Å². The number of aryl methyl sites for hydroxylation is 1. The molecule has 0 radical (unpaired) electrons. The van der Waals surface area contributed by atoms with E-state index in [9.17, 15) is 0 Å². The van der Waals surface area contributed by atoms with Gasteiger partial charge in [-0.15, -0.1) is 0 Å². The van der Waals surface area contributed by atoms with Crippen LogP contribution in [0.1, 0.15) is 25.5 Å². The molecule has 1 aliphatic heterocycles. The van der Waals surface area contributed by atoms with E-state index < -0.39 is 0 Å². The van der Waals surface area contributed by atoms with Gasteiger partial charge >= 0.3 is 0 Å². The molecule has 1 unspecified atom stereocenters. The fourth-order valence-corrected chi connectivity index (χ4v) is 2.88. The second-order valence-corrected chi connectivity index (χ2v) is 5.52. The molecule has 2 aromatic rings. The van der Waals surface area contributed by atoms with E-state index in [1.165, 1.54) is 19.4 Å². The maximum Gasteiger partial charge on any atom is 0.148 e. The van der Waals surface area contributed by atoms with Crippen LogP contribution in [0.3, 0.4) is 0 Å². The van der Waals surface area contributed by atoms with E-state index in [0.717, 1.165) is 35.6 Å². The molecule has 106 valence electrons. The van der Waals surface area contributed by atoms with Gasteiger partial charge in [-0.25, -0.2) is 9.97 Å². The molecule has 0 bridgehead atoms. The lowest BCUT2D eigenvalue weighted by molar-refractivity contribution is 0.226. The van der Waals surface area contributed by atoms with Crippen molar-refractivity contribution in [2.24, 2.45) is 0 Å². The Morgan fingerprint density at radius 2 is 2.00 bits per heavy atom. The minimum Gasteiger partial charge on any atom is -0.365 e. The molecule has 1 N–H and O–H groups in total. The predicted octanol–water partition coefficient (Wildman–Crippen LogP) is 2.83. The molecule has 20 heavy (non-hydrogen) atoms. The maximum atomic E-state index is 4.73. The number of benzene rings is 1. The summed E-state index contributed by atoms with van der Waals surface area (Å²) in [5.41, 5.74) is 2.91. The number of para-hydroxylation sites is 2. The molecule has 1 aromatic carbocycles. The Hall–Kier alpha value is -1.68. The number of rotatable bonds is 3. The summed E-state index contributed by atoms with van der Waals surface area (Å²) in [6.45, 7) is 7.70. The van der Waals surface area contributed by atoms with Crippen molar-refractivity contribution in [2.45, 2.75) is 32.7 Å². The molecule has 1 aliphatic rings. The maximum absolute atomic E-state index is 4.73. The van der Waals surface area contributed by atoms with Crippen LogP contribution in [-0.4, -0.2) is 40.5 Å². The van der Waals surface area contributed by atoms with E-state index in [1.54, 1.807) is 0 Å². The number of aromatic nitrogens is 2. The number of nitrogens with one attached hydrogen (secondary N) is 1. The van der Waals surface area contributed by atoms with Crippen molar-refractivity contribution in [3.8, 4) is 0 Å². The summed E-state index contributed by atoms with van der Waals surface area (Å²) >= 11 is 0. The molecule has 3 rings (SSSR count). The molecule has 1 atom stereocenters. The van der Waals surface area contributed by atoms with Crippen LogP contribution in [0, 0.1) is 6.92 Å². The van der Waals surface area contributed by atoms with E-state index in [4.69, 9.17) is 4.98 Å². The van der Waals surface area contributed by atoms with Gasteiger partial charge in [0.25, 0.3) is 0 Å². The highest BCUT2D eigenvalue weighted by Gasteiger charge is 2.19. The number of nitrogens with zero attached hydrogens (tertiary/aromatic N) is 3. The highest BCUT2D eigenvalue weighted by Crippen LogP contribution is 2.19. The Bertz CT molecular complexity index is 596. The van der Waals surface area contributed by atoms with E-state index in [1.807, 2.05) is 31.2 Å². The highest BCUT2D eigenvalue weighted by molar-refractivity contribution is 5.76. The first-order valence-corrected chi connectivity index (χ1v) is 7.48.